The van der Waals surface area contributed by atoms with Gasteiger partial charge in [-0.15, -0.1) is 11.6 Å². The van der Waals surface area contributed by atoms with Gasteiger partial charge in [0.1, 0.15) is 0 Å². The van der Waals surface area contributed by atoms with Crippen molar-refractivity contribution in [3.8, 4) is 5.92 Å². The molecule has 0 fully saturated rings. The SMILES string of the molecule is [C]#Cc1ccc[cH-]1. The van der Waals surface area contributed by atoms with E-state index >= 15 is 0 Å². The summed E-state index contributed by atoms with van der Waals surface area (Å²) in [6.45, 7) is 0. The molecule has 0 heterocycles. The van der Waals surface area contributed by atoms with E-state index in [9.17, 15) is 0 Å². The van der Waals surface area contributed by atoms with Gasteiger partial charge in [-0.3, -0.25) is 0 Å². The highest BCUT2D eigenvalue weighted by atomic mass is 13.8. The van der Waals surface area contributed by atoms with Crippen molar-refractivity contribution in [1.29, 1.82) is 0 Å². The van der Waals surface area contributed by atoms with Crippen molar-refractivity contribution >= 4 is 0 Å². The molecule has 0 spiro atoms. The summed E-state index contributed by atoms with van der Waals surface area (Å²) in [5.74, 6) is 2.26. The van der Waals surface area contributed by atoms with Gasteiger partial charge in [0.2, 0.25) is 0 Å². The molecule has 0 saturated heterocycles. The Morgan fingerprint density at radius 3 is 2.86 bits per heavy atom. The maximum absolute atomic E-state index is 6.61. The summed E-state index contributed by atoms with van der Waals surface area (Å²) in [6.07, 6.45) is 6.61. The van der Waals surface area contributed by atoms with E-state index in [1.807, 2.05) is 24.3 Å². The lowest BCUT2D eigenvalue weighted by Crippen LogP contribution is -1.54. The van der Waals surface area contributed by atoms with Crippen molar-refractivity contribution in [2.75, 3.05) is 0 Å². The number of rotatable bonds is 0. The average molecular weight is 88.1 g/mol. The zero-order chi connectivity index (χ0) is 5.11. The van der Waals surface area contributed by atoms with E-state index in [1.54, 1.807) is 0 Å². The Labute approximate surface area is 43.2 Å². The van der Waals surface area contributed by atoms with Gasteiger partial charge in [0.05, 0.1) is 0 Å². The van der Waals surface area contributed by atoms with Crippen LogP contribution in [0, 0.1) is 12.3 Å². The lowest BCUT2D eigenvalue weighted by atomic mass is 10.4. The van der Waals surface area contributed by atoms with Crippen LogP contribution in [0.2, 0.25) is 0 Å². The second kappa shape index (κ2) is 1.57. The lowest BCUT2D eigenvalue weighted by molar-refractivity contribution is 1.85. The van der Waals surface area contributed by atoms with E-state index in [-0.39, 0.29) is 0 Å². The van der Waals surface area contributed by atoms with Crippen LogP contribution in [0.5, 0.6) is 0 Å². The Balaban J connectivity index is 3.04. The summed E-state index contributed by atoms with van der Waals surface area (Å²) in [5, 5.41) is 0. The van der Waals surface area contributed by atoms with Gasteiger partial charge in [-0.2, -0.15) is 24.1 Å². The summed E-state index contributed by atoms with van der Waals surface area (Å²) >= 11 is 0. The van der Waals surface area contributed by atoms with Crippen LogP contribution >= 0.6 is 0 Å². The van der Waals surface area contributed by atoms with E-state index in [2.05, 4.69) is 5.92 Å². The standard InChI is InChI=1S/C7H4/c1-2-7-5-3-4-6-7/h3-6H/q-1. The second-order valence-corrected chi connectivity index (χ2v) is 1.30. The molecule has 0 aliphatic rings. The zero-order valence-electron chi connectivity index (χ0n) is 3.81. The summed E-state index contributed by atoms with van der Waals surface area (Å²) in [5.41, 5.74) is 0.847. The topological polar surface area (TPSA) is 0 Å². The van der Waals surface area contributed by atoms with E-state index < -0.39 is 0 Å². The third kappa shape index (κ3) is 0.665. The summed E-state index contributed by atoms with van der Waals surface area (Å²) in [6, 6.07) is 7.45. The fourth-order valence-electron chi connectivity index (χ4n) is 0.457. The van der Waals surface area contributed by atoms with Crippen LogP contribution in [0.3, 0.4) is 0 Å². The van der Waals surface area contributed by atoms with Crippen molar-refractivity contribution in [2.45, 2.75) is 0 Å². The molecule has 1 aromatic rings. The Morgan fingerprint density at radius 1 is 1.71 bits per heavy atom. The maximum atomic E-state index is 6.61. The van der Waals surface area contributed by atoms with E-state index in [0.717, 1.165) is 5.56 Å². The zero-order valence-corrected chi connectivity index (χ0v) is 3.81. The minimum absolute atomic E-state index is 0.847. The van der Waals surface area contributed by atoms with Crippen molar-refractivity contribution in [3.63, 3.8) is 0 Å². The predicted octanol–water partition coefficient (Wildman–Crippen LogP) is 1.34. The van der Waals surface area contributed by atoms with Crippen LogP contribution in [-0.4, -0.2) is 0 Å². The predicted molar refractivity (Wildman–Crippen MR) is 28.3 cm³/mol. The average Bonchev–Trinajstić information content (AvgIpc) is 2.14. The number of hydrogen-bond donors (Lipinski definition) is 0. The second-order valence-electron chi connectivity index (χ2n) is 1.30. The third-order valence-electron chi connectivity index (χ3n) is 0.807. The van der Waals surface area contributed by atoms with E-state index in [1.165, 1.54) is 0 Å². The highest BCUT2D eigenvalue weighted by Crippen LogP contribution is 1.94. The van der Waals surface area contributed by atoms with Gasteiger partial charge in [-0.05, 0) is 0 Å². The Kier molecular flexibility index (Phi) is 0.916. The molecule has 0 unspecified atom stereocenters. The molecule has 7 heavy (non-hydrogen) atoms. The van der Waals surface area contributed by atoms with E-state index in [4.69, 9.17) is 6.42 Å². The van der Waals surface area contributed by atoms with Crippen LogP contribution < -0.4 is 0 Å². The fourth-order valence-corrected chi connectivity index (χ4v) is 0.457. The molecule has 0 heteroatoms. The van der Waals surface area contributed by atoms with Crippen molar-refractivity contribution < 1.29 is 0 Å². The third-order valence-corrected chi connectivity index (χ3v) is 0.807. The molecule has 33 valence electrons. The summed E-state index contributed by atoms with van der Waals surface area (Å²) in [4.78, 5) is 0. The van der Waals surface area contributed by atoms with Gasteiger partial charge < -0.3 is 0 Å². The molecular formula is C7H4-. The van der Waals surface area contributed by atoms with Gasteiger partial charge in [0.15, 0.2) is 0 Å². The lowest BCUT2D eigenvalue weighted by Gasteiger charge is -1.79. The molecule has 0 aliphatic heterocycles. The Bertz CT molecular complexity index is 162. The van der Waals surface area contributed by atoms with Gasteiger partial charge in [-0.1, -0.05) is 6.42 Å². The molecular weight excluding hydrogens is 84.1 g/mol. The van der Waals surface area contributed by atoms with Crippen molar-refractivity contribution in [3.05, 3.63) is 36.3 Å². The van der Waals surface area contributed by atoms with Crippen LogP contribution in [0.25, 0.3) is 0 Å². The van der Waals surface area contributed by atoms with Gasteiger partial charge in [0.25, 0.3) is 0 Å². The van der Waals surface area contributed by atoms with Crippen LogP contribution in [-0.2, 0) is 0 Å². The van der Waals surface area contributed by atoms with Crippen LogP contribution in [0.1, 0.15) is 5.56 Å². The Morgan fingerprint density at radius 2 is 2.57 bits per heavy atom. The van der Waals surface area contributed by atoms with Gasteiger partial charge >= 0.3 is 0 Å². The smallest absolute Gasteiger partial charge is 0.0816 e. The molecule has 0 nitrogen and oxygen atoms in total. The molecule has 0 saturated carbocycles. The monoisotopic (exact) mass is 88.0 g/mol. The molecule has 0 aromatic heterocycles. The first kappa shape index (κ1) is 4.08. The van der Waals surface area contributed by atoms with Crippen molar-refractivity contribution in [1.82, 2.24) is 0 Å². The first-order valence-electron chi connectivity index (χ1n) is 2.08. The molecule has 1 radical (unpaired) electrons. The maximum Gasteiger partial charge on any atom is -0.0816 e. The fraction of sp³-hybridized carbons (Fsp3) is 0. The molecule has 0 N–H and O–H groups in total. The van der Waals surface area contributed by atoms with Crippen molar-refractivity contribution in [2.24, 2.45) is 0 Å². The molecule has 0 amide bonds. The molecule has 0 bridgehead atoms. The summed E-state index contributed by atoms with van der Waals surface area (Å²) in [7, 11) is 0. The largest absolute Gasteiger partial charge is 0.179 e. The quantitative estimate of drug-likeness (QED) is 0.331. The van der Waals surface area contributed by atoms with Crippen LogP contribution in [0.4, 0.5) is 0 Å². The summed E-state index contributed by atoms with van der Waals surface area (Å²) < 4.78 is 0. The Hall–Kier alpha value is -1.09. The first-order chi connectivity index (χ1) is 3.43. The first-order valence-corrected chi connectivity index (χ1v) is 2.08. The number of hydrogen-bond acceptors (Lipinski definition) is 0. The van der Waals surface area contributed by atoms with Crippen LogP contribution in [0.15, 0.2) is 24.3 Å². The highest BCUT2D eigenvalue weighted by molar-refractivity contribution is 5.30. The molecule has 0 aliphatic carbocycles. The molecule has 0 atom stereocenters. The molecule has 1 rings (SSSR count). The molecule has 1 aromatic carbocycles. The minimum atomic E-state index is 0.847. The van der Waals surface area contributed by atoms with E-state index in [0.29, 0.717) is 0 Å². The highest BCUT2D eigenvalue weighted by Gasteiger charge is 1.66. The minimum Gasteiger partial charge on any atom is -0.179 e. The van der Waals surface area contributed by atoms with Gasteiger partial charge in [-0.25, -0.2) is 0 Å². The normalized spacial score (nSPS) is 7.86. The van der Waals surface area contributed by atoms with Gasteiger partial charge in [0, 0.05) is 0 Å².